The van der Waals surface area contributed by atoms with Crippen molar-refractivity contribution in [1.82, 2.24) is 5.32 Å². The zero-order chi connectivity index (χ0) is 13.0. The van der Waals surface area contributed by atoms with E-state index in [-0.39, 0.29) is 0 Å². The molecule has 0 bridgehead atoms. The van der Waals surface area contributed by atoms with Crippen molar-refractivity contribution < 1.29 is 0 Å². The number of hydrogen-bond acceptors (Lipinski definition) is 3. The molecule has 1 aliphatic carbocycles. The standard InChI is InChI=1S/C14H17ClN2S/c1-14(9-16,17-12-6-7-12)10-18-8-11-4-2-3-5-13(11)15/h2-5,12,17H,6-8,10H2,1H3. The lowest BCUT2D eigenvalue weighted by atomic mass is 10.1. The fourth-order valence-corrected chi connectivity index (χ4v) is 3.18. The predicted octanol–water partition coefficient (Wildman–Crippen LogP) is 3.61. The van der Waals surface area contributed by atoms with Gasteiger partial charge in [0.2, 0.25) is 0 Å². The molecule has 2 nitrogen and oxygen atoms in total. The predicted molar refractivity (Wildman–Crippen MR) is 77.8 cm³/mol. The van der Waals surface area contributed by atoms with E-state index in [9.17, 15) is 5.26 Å². The summed E-state index contributed by atoms with van der Waals surface area (Å²) in [7, 11) is 0. The Morgan fingerprint density at radius 1 is 1.50 bits per heavy atom. The summed E-state index contributed by atoms with van der Waals surface area (Å²) < 4.78 is 0. The minimum absolute atomic E-state index is 0.424. The van der Waals surface area contributed by atoms with E-state index < -0.39 is 5.54 Å². The summed E-state index contributed by atoms with van der Waals surface area (Å²) in [5.74, 6) is 1.63. The van der Waals surface area contributed by atoms with Crippen LogP contribution in [-0.2, 0) is 5.75 Å². The largest absolute Gasteiger partial charge is 0.296 e. The molecule has 1 fully saturated rings. The van der Waals surface area contributed by atoms with Gasteiger partial charge in [0.1, 0.15) is 5.54 Å². The highest BCUT2D eigenvalue weighted by molar-refractivity contribution is 7.98. The molecule has 0 aliphatic heterocycles. The van der Waals surface area contributed by atoms with Gasteiger partial charge in [0.25, 0.3) is 0 Å². The zero-order valence-electron chi connectivity index (χ0n) is 10.4. The summed E-state index contributed by atoms with van der Waals surface area (Å²) in [5, 5.41) is 13.5. The molecule has 0 saturated heterocycles. The molecule has 1 unspecified atom stereocenters. The summed E-state index contributed by atoms with van der Waals surface area (Å²) >= 11 is 7.86. The maximum atomic E-state index is 9.26. The number of thioether (sulfide) groups is 1. The second kappa shape index (κ2) is 5.97. The van der Waals surface area contributed by atoms with Crippen molar-refractivity contribution in [2.75, 3.05) is 5.75 Å². The molecule has 4 heteroatoms. The molecule has 1 aromatic rings. The molecule has 18 heavy (non-hydrogen) atoms. The second-order valence-electron chi connectivity index (χ2n) is 4.95. The summed E-state index contributed by atoms with van der Waals surface area (Å²) in [4.78, 5) is 0. The van der Waals surface area contributed by atoms with Gasteiger partial charge in [-0.2, -0.15) is 17.0 Å². The van der Waals surface area contributed by atoms with Crippen LogP contribution in [-0.4, -0.2) is 17.3 Å². The van der Waals surface area contributed by atoms with Crippen molar-refractivity contribution in [3.8, 4) is 6.07 Å². The van der Waals surface area contributed by atoms with Gasteiger partial charge >= 0.3 is 0 Å². The molecule has 0 radical (unpaired) electrons. The number of benzene rings is 1. The highest BCUT2D eigenvalue weighted by Crippen LogP contribution is 2.26. The number of halogens is 1. The third-order valence-electron chi connectivity index (χ3n) is 2.95. The van der Waals surface area contributed by atoms with Crippen LogP contribution in [0.15, 0.2) is 24.3 Å². The zero-order valence-corrected chi connectivity index (χ0v) is 12.0. The van der Waals surface area contributed by atoms with Crippen LogP contribution in [0.3, 0.4) is 0 Å². The summed E-state index contributed by atoms with van der Waals surface area (Å²) in [6.45, 7) is 1.98. The third kappa shape index (κ3) is 3.91. The van der Waals surface area contributed by atoms with E-state index in [1.165, 1.54) is 12.8 Å². The molecular formula is C14H17ClN2S. The van der Waals surface area contributed by atoms with Crippen molar-refractivity contribution in [3.63, 3.8) is 0 Å². The molecule has 0 aromatic heterocycles. The van der Waals surface area contributed by atoms with Crippen LogP contribution < -0.4 is 5.32 Å². The van der Waals surface area contributed by atoms with Crippen molar-refractivity contribution in [1.29, 1.82) is 5.26 Å². The lowest BCUT2D eigenvalue weighted by molar-refractivity contribution is 0.490. The average Bonchev–Trinajstić information content (AvgIpc) is 3.15. The second-order valence-corrected chi connectivity index (χ2v) is 6.34. The van der Waals surface area contributed by atoms with E-state index in [1.807, 2.05) is 31.2 Å². The number of nitriles is 1. The van der Waals surface area contributed by atoms with Gasteiger partial charge in [-0.05, 0) is 31.4 Å². The van der Waals surface area contributed by atoms with E-state index in [0.29, 0.717) is 6.04 Å². The lowest BCUT2D eigenvalue weighted by Gasteiger charge is -2.22. The first-order valence-corrected chi connectivity index (χ1v) is 7.66. The quantitative estimate of drug-likeness (QED) is 0.865. The molecule has 1 saturated carbocycles. The fraction of sp³-hybridized carbons (Fsp3) is 0.500. The molecule has 1 atom stereocenters. The van der Waals surface area contributed by atoms with Crippen LogP contribution in [0.1, 0.15) is 25.3 Å². The van der Waals surface area contributed by atoms with Crippen LogP contribution in [0.5, 0.6) is 0 Å². The number of nitrogens with zero attached hydrogens (tertiary/aromatic N) is 1. The fourth-order valence-electron chi connectivity index (χ4n) is 1.76. The SMILES string of the molecule is CC(C#N)(CSCc1ccccc1Cl)NC1CC1. The maximum absolute atomic E-state index is 9.26. The van der Waals surface area contributed by atoms with Crippen molar-refractivity contribution in [2.45, 2.75) is 37.1 Å². The molecule has 1 aliphatic rings. The van der Waals surface area contributed by atoms with Crippen LogP contribution in [0.4, 0.5) is 0 Å². The molecular weight excluding hydrogens is 264 g/mol. The van der Waals surface area contributed by atoms with Crippen molar-refractivity contribution in [2.24, 2.45) is 0 Å². The van der Waals surface area contributed by atoms with Gasteiger partial charge in [-0.15, -0.1) is 0 Å². The third-order valence-corrected chi connectivity index (χ3v) is 4.62. The van der Waals surface area contributed by atoms with Gasteiger partial charge in [0.15, 0.2) is 0 Å². The Kier molecular flexibility index (Phi) is 4.55. The highest BCUT2D eigenvalue weighted by atomic mass is 35.5. The molecule has 0 spiro atoms. The van der Waals surface area contributed by atoms with E-state index in [0.717, 1.165) is 22.1 Å². The number of hydrogen-bond donors (Lipinski definition) is 1. The Morgan fingerprint density at radius 3 is 2.83 bits per heavy atom. The molecule has 2 rings (SSSR count). The van der Waals surface area contributed by atoms with Gasteiger partial charge in [0.05, 0.1) is 6.07 Å². The summed E-state index contributed by atoms with van der Waals surface area (Å²) in [5.41, 5.74) is 0.712. The van der Waals surface area contributed by atoms with E-state index in [2.05, 4.69) is 11.4 Å². The Bertz CT molecular complexity index is 453. The smallest absolute Gasteiger partial charge is 0.113 e. The summed E-state index contributed by atoms with van der Waals surface area (Å²) in [6, 6.07) is 10.8. The van der Waals surface area contributed by atoms with Crippen molar-refractivity contribution >= 4 is 23.4 Å². The first-order chi connectivity index (χ1) is 8.63. The van der Waals surface area contributed by atoms with Gasteiger partial charge in [-0.25, -0.2) is 0 Å². The van der Waals surface area contributed by atoms with Crippen LogP contribution >= 0.6 is 23.4 Å². The van der Waals surface area contributed by atoms with E-state index in [4.69, 9.17) is 11.6 Å². The molecule has 1 N–H and O–H groups in total. The normalized spacial score (nSPS) is 18.1. The Labute approximate surface area is 118 Å². The average molecular weight is 281 g/mol. The van der Waals surface area contributed by atoms with Crippen LogP contribution in [0.25, 0.3) is 0 Å². The first kappa shape index (κ1) is 13.7. The molecule has 0 amide bonds. The number of rotatable bonds is 6. The molecule has 0 heterocycles. The van der Waals surface area contributed by atoms with Gasteiger partial charge in [-0.1, -0.05) is 29.8 Å². The van der Waals surface area contributed by atoms with Crippen LogP contribution in [0.2, 0.25) is 5.02 Å². The topological polar surface area (TPSA) is 35.8 Å². The Morgan fingerprint density at radius 2 is 2.22 bits per heavy atom. The number of nitrogens with one attached hydrogen (secondary N) is 1. The highest BCUT2D eigenvalue weighted by Gasteiger charge is 2.32. The minimum Gasteiger partial charge on any atom is -0.296 e. The minimum atomic E-state index is -0.424. The van der Waals surface area contributed by atoms with Gasteiger partial charge in [0, 0.05) is 22.6 Å². The summed E-state index contributed by atoms with van der Waals surface area (Å²) in [6.07, 6.45) is 2.40. The van der Waals surface area contributed by atoms with E-state index >= 15 is 0 Å². The molecule has 1 aromatic carbocycles. The lowest BCUT2D eigenvalue weighted by Crippen LogP contribution is -2.44. The maximum Gasteiger partial charge on any atom is 0.113 e. The van der Waals surface area contributed by atoms with Gasteiger partial charge < -0.3 is 0 Å². The molecule has 96 valence electrons. The monoisotopic (exact) mass is 280 g/mol. The van der Waals surface area contributed by atoms with Crippen LogP contribution in [0, 0.1) is 11.3 Å². The Balaban J connectivity index is 1.83. The van der Waals surface area contributed by atoms with Crippen molar-refractivity contribution in [3.05, 3.63) is 34.9 Å². The van der Waals surface area contributed by atoms with E-state index in [1.54, 1.807) is 11.8 Å². The first-order valence-electron chi connectivity index (χ1n) is 6.13. The van der Waals surface area contributed by atoms with Gasteiger partial charge in [-0.3, -0.25) is 5.32 Å². The Hall–Kier alpha value is -0.690.